The van der Waals surface area contributed by atoms with Crippen LogP contribution in [0.5, 0.6) is 0 Å². The fourth-order valence-electron chi connectivity index (χ4n) is 4.26. The molecular formula is C30H29Cl3FNO8S. The summed E-state index contributed by atoms with van der Waals surface area (Å²) in [6, 6.07) is 11.8. The normalized spacial score (nSPS) is 13.8. The Morgan fingerprint density at radius 2 is 1.32 bits per heavy atom. The highest BCUT2D eigenvalue weighted by Crippen LogP contribution is 2.33. The molecule has 3 unspecified atom stereocenters. The van der Waals surface area contributed by atoms with Crippen molar-refractivity contribution in [3.8, 4) is 0 Å². The number of hydrogen-bond donors (Lipinski definition) is 0. The van der Waals surface area contributed by atoms with E-state index < -0.39 is 51.9 Å². The van der Waals surface area contributed by atoms with Crippen LogP contribution >= 0.6 is 34.8 Å². The number of carbonyl (C=O) groups is 2. The quantitative estimate of drug-likeness (QED) is 0.0656. The highest BCUT2D eigenvalue weighted by molar-refractivity contribution is 7.87. The summed E-state index contributed by atoms with van der Waals surface area (Å²) in [7, 11) is -3.72. The van der Waals surface area contributed by atoms with Gasteiger partial charge in [-0.3, -0.25) is 4.18 Å². The van der Waals surface area contributed by atoms with Gasteiger partial charge in [0.15, 0.2) is 18.4 Å². The van der Waals surface area contributed by atoms with Gasteiger partial charge in [-0.1, -0.05) is 74.3 Å². The fraction of sp³-hybridized carbons (Fsp3) is 0.300. The van der Waals surface area contributed by atoms with Crippen LogP contribution in [0, 0.1) is 27.7 Å². The second kappa shape index (κ2) is 15.2. The van der Waals surface area contributed by atoms with Crippen LogP contribution in [0.1, 0.15) is 43.0 Å². The van der Waals surface area contributed by atoms with Crippen LogP contribution in [0.15, 0.2) is 58.6 Å². The van der Waals surface area contributed by atoms with Crippen molar-refractivity contribution in [2.45, 2.75) is 51.0 Å². The Balaban J connectivity index is 2.06. The monoisotopic (exact) mass is 687 g/mol. The molecule has 0 spiro atoms. The molecule has 3 aromatic rings. The van der Waals surface area contributed by atoms with Gasteiger partial charge in [-0.2, -0.15) is 8.42 Å². The first-order valence-corrected chi connectivity index (χ1v) is 15.5. The average molecular weight is 689 g/mol. The molecule has 0 radical (unpaired) electrons. The number of halogens is 4. The molecule has 0 aromatic heterocycles. The summed E-state index contributed by atoms with van der Waals surface area (Å²) in [4.78, 5) is 30.1. The zero-order valence-corrected chi connectivity index (χ0v) is 27.4. The van der Waals surface area contributed by atoms with Crippen LogP contribution < -0.4 is 0 Å². The van der Waals surface area contributed by atoms with Crippen LogP contribution in [0.4, 0.5) is 4.39 Å². The van der Waals surface area contributed by atoms with E-state index in [1.807, 2.05) is 12.1 Å². The molecule has 0 saturated heterocycles. The van der Waals surface area contributed by atoms with Crippen molar-refractivity contribution in [3.05, 3.63) is 97.0 Å². The summed E-state index contributed by atoms with van der Waals surface area (Å²) in [5.41, 5.74) is 3.18. The molecule has 0 bridgehead atoms. The second-order valence-corrected chi connectivity index (χ2v) is 12.7. The SMILES string of the molecule is CON=CC(F)C(OC(=O)c1cc(C)cc(C)c1)C(COC(=O)c1cc(C)cc(C)c1)OS(=O)(=O)c1cc(Cl)c(Cl)cc1Cl. The lowest BCUT2D eigenvalue weighted by atomic mass is 10.1. The summed E-state index contributed by atoms with van der Waals surface area (Å²) in [5.74, 6) is -1.87. The van der Waals surface area contributed by atoms with E-state index >= 15 is 4.39 Å². The molecule has 0 heterocycles. The molecule has 44 heavy (non-hydrogen) atoms. The molecule has 0 aliphatic rings. The van der Waals surface area contributed by atoms with Crippen LogP contribution in [-0.2, 0) is 28.6 Å². The predicted molar refractivity (Wildman–Crippen MR) is 165 cm³/mol. The number of alkyl halides is 1. The van der Waals surface area contributed by atoms with Gasteiger partial charge in [-0.15, -0.1) is 0 Å². The summed E-state index contributed by atoms with van der Waals surface area (Å²) in [6.07, 6.45) is -5.63. The Labute approximate surface area is 269 Å². The van der Waals surface area contributed by atoms with E-state index in [1.165, 1.54) is 12.1 Å². The molecule has 9 nitrogen and oxygen atoms in total. The van der Waals surface area contributed by atoms with Gasteiger partial charge in [0, 0.05) is 0 Å². The maximum atomic E-state index is 15.7. The van der Waals surface area contributed by atoms with E-state index in [9.17, 15) is 18.0 Å². The molecule has 3 aromatic carbocycles. The summed E-state index contributed by atoms with van der Waals surface area (Å²) < 4.78 is 58.8. The van der Waals surface area contributed by atoms with E-state index in [-0.39, 0.29) is 26.2 Å². The third kappa shape index (κ3) is 9.39. The number of nitrogens with zero attached hydrogens (tertiary/aromatic N) is 1. The zero-order chi connectivity index (χ0) is 32.8. The van der Waals surface area contributed by atoms with Crippen LogP contribution in [0.2, 0.25) is 15.1 Å². The average Bonchev–Trinajstić information content (AvgIpc) is 2.93. The van der Waals surface area contributed by atoms with Gasteiger partial charge < -0.3 is 14.3 Å². The number of benzene rings is 3. The standard InChI is InChI=1S/C30H29Cl3FNO8S/c1-16-6-17(2)9-20(8-16)29(36)41-15-26(43-44(38,39)27-13-23(32)22(31)12-24(27)33)28(25(34)14-35-40-5)42-30(37)21-10-18(3)7-19(4)11-21/h6-14,25-26,28H,15H2,1-5H3. The highest BCUT2D eigenvalue weighted by atomic mass is 35.5. The number of ether oxygens (including phenoxy) is 2. The van der Waals surface area contributed by atoms with Gasteiger partial charge in [0.2, 0.25) is 0 Å². The molecule has 3 atom stereocenters. The van der Waals surface area contributed by atoms with E-state index in [0.717, 1.165) is 41.5 Å². The molecule has 0 N–H and O–H groups in total. The van der Waals surface area contributed by atoms with Crippen molar-refractivity contribution in [3.63, 3.8) is 0 Å². The van der Waals surface area contributed by atoms with Crippen LogP contribution in [0.3, 0.4) is 0 Å². The Kier molecular flexibility index (Phi) is 12.2. The molecular weight excluding hydrogens is 660 g/mol. The number of rotatable bonds is 12. The molecule has 0 aliphatic carbocycles. The number of aryl methyl sites for hydroxylation is 4. The van der Waals surface area contributed by atoms with E-state index in [1.54, 1.807) is 39.8 Å². The van der Waals surface area contributed by atoms with Crippen molar-refractivity contribution >= 4 is 63.1 Å². The maximum Gasteiger partial charge on any atom is 0.338 e. The van der Waals surface area contributed by atoms with Crippen LogP contribution in [0.25, 0.3) is 0 Å². The van der Waals surface area contributed by atoms with Crippen molar-refractivity contribution in [2.24, 2.45) is 5.16 Å². The van der Waals surface area contributed by atoms with Crippen molar-refractivity contribution in [2.75, 3.05) is 13.7 Å². The zero-order valence-electron chi connectivity index (χ0n) is 24.3. The minimum Gasteiger partial charge on any atom is -0.459 e. The van der Waals surface area contributed by atoms with Crippen molar-refractivity contribution in [1.82, 2.24) is 0 Å². The largest absolute Gasteiger partial charge is 0.459 e. The third-order valence-electron chi connectivity index (χ3n) is 6.02. The topological polar surface area (TPSA) is 118 Å². The third-order valence-corrected chi connectivity index (χ3v) is 8.54. The predicted octanol–water partition coefficient (Wildman–Crippen LogP) is 7.01. The molecule has 0 saturated carbocycles. The van der Waals surface area contributed by atoms with E-state index in [2.05, 4.69) is 9.99 Å². The minimum atomic E-state index is -4.87. The smallest absolute Gasteiger partial charge is 0.338 e. The molecule has 0 amide bonds. The summed E-state index contributed by atoms with van der Waals surface area (Å²) >= 11 is 18.1. The van der Waals surface area contributed by atoms with Crippen molar-refractivity contribution < 1.29 is 40.9 Å². The Morgan fingerprint density at radius 1 is 0.818 bits per heavy atom. The van der Waals surface area contributed by atoms with Crippen LogP contribution in [-0.4, -0.2) is 58.7 Å². The summed E-state index contributed by atoms with van der Waals surface area (Å²) in [6.45, 7) is 6.16. The molecule has 0 aliphatic heterocycles. The van der Waals surface area contributed by atoms with Gasteiger partial charge in [0.1, 0.15) is 18.6 Å². The van der Waals surface area contributed by atoms with E-state index in [4.69, 9.17) is 48.5 Å². The molecule has 3 rings (SSSR count). The van der Waals surface area contributed by atoms with Gasteiger partial charge in [0.05, 0.1) is 32.4 Å². The number of oxime groups is 1. The van der Waals surface area contributed by atoms with Gasteiger partial charge in [0.25, 0.3) is 10.1 Å². The molecule has 14 heteroatoms. The van der Waals surface area contributed by atoms with Crippen molar-refractivity contribution in [1.29, 1.82) is 0 Å². The van der Waals surface area contributed by atoms with Gasteiger partial charge in [-0.05, 0) is 64.1 Å². The lowest BCUT2D eigenvalue weighted by molar-refractivity contribution is -0.0478. The molecule has 0 fully saturated rings. The first-order valence-electron chi connectivity index (χ1n) is 12.9. The Morgan fingerprint density at radius 3 is 1.84 bits per heavy atom. The van der Waals surface area contributed by atoms with Gasteiger partial charge >= 0.3 is 11.9 Å². The molecule has 236 valence electrons. The lowest BCUT2D eigenvalue weighted by Gasteiger charge is -2.27. The second-order valence-electron chi connectivity index (χ2n) is 9.89. The Hall–Kier alpha value is -3.22. The number of esters is 2. The first kappa shape index (κ1) is 35.3. The maximum absolute atomic E-state index is 15.7. The summed E-state index contributed by atoms with van der Waals surface area (Å²) in [5, 5.41) is 2.83. The number of carbonyl (C=O) groups excluding carboxylic acids is 2. The first-order chi connectivity index (χ1) is 20.6. The lowest BCUT2D eigenvalue weighted by Crippen LogP contribution is -2.45. The number of hydrogen-bond acceptors (Lipinski definition) is 9. The van der Waals surface area contributed by atoms with E-state index in [0.29, 0.717) is 6.21 Å². The van der Waals surface area contributed by atoms with Gasteiger partial charge in [-0.25, -0.2) is 14.0 Å². The Bertz CT molecular complexity index is 1640. The minimum absolute atomic E-state index is 0.0330. The fourth-order valence-corrected chi connectivity index (χ4v) is 6.30. The highest BCUT2D eigenvalue weighted by Gasteiger charge is 2.39.